The van der Waals surface area contributed by atoms with Crippen LogP contribution in [0.1, 0.15) is 20.8 Å². The summed E-state index contributed by atoms with van der Waals surface area (Å²) in [5.74, 6) is -0.0569. The molecule has 1 unspecified atom stereocenters. The molecule has 1 atom stereocenters. The quantitative estimate of drug-likeness (QED) is 0.681. The molecule has 0 aliphatic heterocycles. The van der Waals surface area contributed by atoms with Crippen molar-refractivity contribution in [2.45, 2.75) is 26.8 Å². The molecule has 2 N–H and O–H groups in total. The van der Waals surface area contributed by atoms with Gasteiger partial charge in [0.25, 0.3) is 0 Å². The largest absolute Gasteiger partial charge is 0.341 e. The fourth-order valence-corrected chi connectivity index (χ4v) is 1.14. The van der Waals surface area contributed by atoms with Crippen LogP contribution in [0.4, 0.5) is 4.79 Å². The molecule has 14 heavy (non-hydrogen) atoms. The van der Waals surface area contributed by atoms with Gasteiger partial charge in [0.1, 0.15) is 6.04 Å². The molecule has 0 saturated carbocycles. The predicted molar refractivity (Wildman–Crippen MR) is 55.0 cm³/mol. The van der Waals surface area contributed by atoms with Gasteiger partial charge >= 0.3 is 6.03 Å². The van der Waals surface area contributed by atoms with Crippen LogP contribution in [0.3, 0.4) is 0 Å². The Labute approximate surface area is 84.8 Å². The number of amides is 3. The Morgan fingerprint density at radius 3 is 2.14 bits per heavy atom. The normalized spacial score (nSPS) is 11.7. The maximum absolute atomic E-state index is 11.6. The highest BCUT2D eigenvalue weighted by Gasteiger charge is 2.18. The summed E-state index contributed by atoms with van der Waals surface area (Å²) in [4.78, 5) is 24.3. The fourth-order valence-electron chi connectivity index (χ4n) is 1.14. The minimum Gasteiger partial charge on any atom is -0.341 e. The van der Waals surface area contributed by atoms with Crippen molar-refractivity contribution in [3.05, 3.63) is 0 Å². The van der Waals surface area contributed by atoms with E-state index < -0.39 is 6.04 Å². The molecule has 0 bridgehead atoms. The molecule has 3 amide bonds. The van der Waals surface area contributed by atoms with Gasteiger partial charge in [-0.2, -0.15) is 0 Å². The van der Waals surface area contributed by atoms with Gasteiger partial charge in [0.2, 0.25) is 5.91 Å². The Morgan fingerprint density at radius 1 is 1.29 bits per heavy atom. The van der Waals surface area contributed by atoms with E-state index in [-0.39, 0.29) is 11.9 Å². The number of nitrogens with zero attached hydrogens (tertiary/aromatic N) is 1. The van der Waals surface area contributed by atoms with Gasteiger partial charge in [-0.15, -0.1) is 0 Å². The van der Waals surface area contributed by atoms with Crippen LogP contribution in [-0.2, 0) is 4.79 Å². The van der Waals surface area contributed by atoms with Crippen LogP contribution in [0, 0.1) is 0 Å². The van der Waals surface area contributed by atoms with Crippen LogP contribution in [0.25, 0.3) is 0 Å². The van der Waals surface area contributed by atoms with Crippen LogP contribution in [-0.4, -0.2) is 43.0 Å². The highest BCUT2D eigenvalue weighted by Crippen LogP contribution is 1.94. The number of likely N-dealkylation sites (N-methyl/N-ethyl adjacent to an activating group) is 1. The maximum Gasteiger partial charge on any atom is 0.315 e. The number of hydrogen-bond donors (Lipinski definition) is 2. The van der Waals surface area contributed by atoms with Crippen molar-refractivity contribution >= 4 is 11.9 Å². The number of carbonyl (C=O) groups excluding carboxylic acids is 2. The first-order valence-electron chi connectivity index (χ1n) is 4.83. The topological polar surface area (TPSA) is 61.4 Å². The third-order valence-corrected chi connectivity index (χ3v) is 2.02. The van der Waals surface area contributed by atoms with E-state index in [9.17, 15) is 9.59 Å². The van der Waals surface area contributed by atoms with Crippen molar-refractivity contribution in [2.75, 3.05) is 20.1 Å². The van der Waals surface area contributed by atoms with E-state index in [1.165, 1.54) is 7.05 Å². The van der Waals surface area contributed by atoms with E-state index in [0.29, 0.717) is 13.1 Å². The lowest BCUT2D eigenvalue weighted by molar-refractivity contribution is -0.132. The summed E-state index contributed by atoms with van der Waals surface area (Å²) in [5.41, 5.74) is 0. The molecule has 5 heteroatoms. The molecule has 0 fully saturated rings. The Hall–Kier alpha value is -1.26. The Balaban J connectivity index is 4.16. The van der Waals surface area contributed by atoms with Crippen LogP contribution in [0.2, 0.25) is 0 Å². The van der Waals surface area contributed by atoms with Crippen LogP contribution in [0.5, 0.6) is 0 Å². The van der Waals surface area contributed by atoms with Crippen LogP contribution < -0.4 is 10.6 Å². The minimum atomic E-state index is -0.477. The second-order valence-electron chi connectivity index (χ2n) is 2.96. The standard InChI is InChI=1S/C9H19N3O2/c1-5-12(6-2)8(13)7(3)11-9(14)10-4/h7H,5-6H2,1-4H3,(H2,10,11,14). The number of rotatable bonds is 4. The molecule has 0 aliphatic carbocycles. The first kappa shape index (κ1) is 12.7. The zero-order valence-corrected chi connectivity index (χ0v) is 9.26. The van der Waals surface area contributed by atoms with E-state index in [1.807, 2.05) is 13.8 Å². The van der Waals surface area contributed by atoms with Gasteiger partial charge in [0, 0.05) is 20.1 Å². The molecule has 82 valence electrons. The van der Waals surface area contributed by atoms with Crippen molar-refractivity contribution in [2.24, 2.45) is 0 Å². The lowest BCUT2D eigenvalue weighted by Crippen LogP contribution is -2.49. The van der Waals surface area contributed by atoms with Crippen LogP contribution >= 0.6 is 0 Å². The van der Waals surface area contributed by atoms with Crippen molar-refractivity contribution in [3.63, 3.8) is 0 Å². The second kappa shape index (κ2) is 6.23. The predicted octanol–water partition coefficient (Wildman–Crippen LogP) is 0.172. The highest BCUT2D eigenvalue weighted by molar-refractivity contribution is 5.86. The van der Waals surface area contributed by atoms with E-state index in [2.05, 4.69) is 10.6 Å². The van der Waals surface area contributed by atoms with Gasteiger partial charge in [0.05, 0.1) is 0 Å². The molecule has 0 rings (SSSR count). The lowest BCUT2D eigenvalue weighted by Gasteiger charge is -2.23. The summed E-state index contributed by atoms with van der Waals surface area (Å²) in [6, 6.07) is -0.812. The van der Waals surface area contributed by atoms with Gasteiger partial charge in [-0.25, -0.2) is 4.79 Å². The molecule has 0 aromatic heterocycles. The summed E-state index contributed by atoms with van der Waals surface area (Å²) < 4.78 is 0. The van der Waals surface area contributed by atoms with Gasteiger partial charge in [-0.3, -0.25) is 4.79 Å². The molecule has 0 aromatic carbocycles. The average Bonchev–Trinajstić information content (AvgIpc) is 2.19. The molecule has 5 nitrogen and oxygen atoms in total. The van der Waals surface area contributed by atoms with Gasteiger partial charge in [0.15, 0.2) is 0 Å². The van der Waals surface area contributed by atoms with Gasteiger partial charge in [-0.05, 0) is 20.8 Å². The Morgan fingerprint density at radius 2 is 1.79 bits per heavy atom. The zero-order chi connectivity index (χ0) is 11.1. The number of nitrogens with one attached hydrogen (secondary N) is 2. The molecular formula is C9H19N3O2. The van der Waals surface area contributed by atoms with E-state index in [0.717, 1.165) is 0 Å². The Kier molecular flexibility index (Phi) is 5.67. The Bertz CT molecular complexity index is 202. The summed E-state index contributed by atoms with van der Waals surface area (Å²) in [6.07, 6.45) is 0. The van der Waals surface area contributed by atoms with Crippen LogP contribution in [0.15, 0.2) is 0 Å². The SMILES string of the molecule is CCN(CC)C(=O)C(C)NC(=O)NC. The molecule has 0 radical (unpaired) electrons. The van der Waals surface area contributed by atoms with E-state index in [1.54, 1.807) is 11.8 Å². The summed E-state index contributed by atoms with van der Waals surface area (Å²) >= 11 is 0. The third kappa shape index (κ3) is 3.64. The third-order valence-electron chi connectivity index (χ3n) is 2.02. The summed E-state index contributed by atoms with van der Waals surface area (Å²) in [5, 5.41) is 4.94. The molecular weight excluding hydrogens is 182 g/mol. The molecule has 0 spiro atoms. The van der Waals surface area contributed by atoms with Crippen molar-refractivity contribution < 1.29 is 9.59 Å². The first-order chi connectivity index (χ1) is 6.56. The molecule has 0 aliphatic rings. The van der Waals surface area contributed by atoms with Crippen molar-refractivity contribution in [3.8, 4) is 0 Å². The average molecular weight is 201 g/mol. The van der Waals surface area contributed by atoms with Crippen molar-refractivity contribution in [1.29, 1.82) is 0 Å². The van der Waals surface area contributed by atoms with Gasteiger partial charge in [-0.1, -0.05) is 0 Å². The summed E-state index contributed by atoms with van der Waals surface area (Å²) in [7, 11) is 1.52. The smallest absolute Gasteiger partial charge is 0.315 e. The highest BCUT2D eigenvalue weighted by atomic mass is 16.2. The van der Waals surface area contributed by atoms with Gasteiger partial charge < -0.3 is 15.5 Å². The first-order valence-corrected chi connectivity index (χ1v) is 4.83. The molecule has 0 saturated heterocycles. The molecule has 0 heterocycles. The number of hydrogen-bond acceptors (Lipinski definition) is 2. The summed E-state index contributed by atoms with van der Waals surface area (Å²) in [6.45, 7) is 6.82. The fraction of sp³-hybridized carbons (Fsp3) is 0.778. The van der Waals surface area contributed by atoms with E-state index >= 15 is 0 Å². The number of carbonyl (C=O) groups is 2. The van der Waals surface area contributed by atoms with E-state index in [4.69, 9.17) is 0 Å². The number of urea groups is 1. The minimum absolute atomic E-state index is 0.0569. The molecule has 0 aromatic rings. The van der Waals surface area contributed by atoms with Crippen molar-refractivity contribution in [1.82, 2.24) is 15.5 Å². The second-order valence-corrected chi connectivity index (χ2v) is 2.96. The lowest BCUT2D eigenvalue weighted by atomic mass is 10.3. The maximum atomic E-state index is 11.6. The zero-order valence-electron chi connectivity index (χ0n) is 9.26. The monoisotopic (exact) mass is 201 g/mol.